The van der Waals surface area contributed by atoms with Crippen molar-refractivity contribution in [2.75, 3.05) is 0 Å². The number of rotatable bonds is 2. The number of carbonyl (C=O) groups is 3. The molecule has 13 heavy (non-hydrogen) atoms. The molecule has 0 spiro atoms. The van der Waals surface area contributed by atoms with Gasteiger partial charge in [-0.05, 0) is 0 Å². The van der Waals surface area contributed by atoms with Crippen molar-refractivity contribution in [2.45, 2.75) is 0 Å². The summed E-state index contributed by atoms with van der Waals surface area (Å²) < 4.78 is 0. The molecule has 68 valence electrons. The van der Waals surface area contributed by atoms with Crippen LogP contribution in [0.4, 0.5) is 0 Å². The summed E-state index contributed by atoms with van der Waals surface area (Å²) in [4.78, 5) is 31.7. The molecule has 0 amide bonds. The molecule has 2 N–H and O–H groups in total. The van der Waals surface area contributed by atoms with E-state index < -0.39 is 29.4 Å². The van der Waals surface area contributed by atoms with Crippen LogP contribution in [-0.4, -0.2) is 39.9 Å². The van der Waals surface area contributed by atoms with Crippen molar-refractivity contribution in [1.29, 1.82) is 0 Å². The maximum Gasteiger partial charge on any atom is 0.360 e. The maximum absolute atomic E-state index is 11.0. The minimum absolute atomic E-state index is 0.789. The molecule has 0 bridgehead atoms. The standard InChI is InChI=1S/C6H4N2O5/c9-4-2(5(10)11)1-7-8-3(4)6(12)13/h1-2H,(H,10,11)(H,12,13). The van der Waals surface area contributed by atoms with Gasteiger partial charge >= 0.3 is 11.9 Å². The van der Waals surface area contributed by atoms with Gasteiger partial charge in [-0.25, -0.2) is 4.79 Å². The zero-order valence-electron chi connectivity index (χ0n) is 6.17. The second-order valence-corrected chi connectivity index (χ2v) is 2.20. The van der Waals surface area contributed by atoms with Gasteiger partial charge in [-0.3, -0.25) is 9.59 Å². The highest BCUT2D eigenvalue weighted by molar-refractivity contribution is 6.67. The Hall–Kier alpha value is -2.05. The quantitative estimate of drug-likeness (QED) is 0.521. The van der Waals surface area contributed by atoms with Gasteiger partial charge in [0.15, 0.2) is 5.92 Å². The molecule has 1 heterocycles. The van der Waals surface area contributed by atoms with E-state index in [1.165, 1.54) is 0 Å². The highest BCUT2D eigenvalue weighted by Gasteiger charge is 2.34. The minimum atomic E-state index is -1.58. The molecular formula is C6H4N2O5. The molecule has 1 aliphatic heterocycles. The summed E-state index contributed by atoms with van der Waals surface area (Å²) in [5.74, 6) is -5.62. The first-order chi connectivity index (χ1) is 6.04. The lowest BCUT2D eigenvalue weighted by atomic mass is 10.0. The number of Topliss-reactive ketones (excluding diaryl/α,β-unsaturated/α-hetero) is 1. The molecule has 1 aliphatic rings. The summed E-state index contributed by atoms with van der Waals surface area (Å²) >= 11 is 0. The van der Waals surface area contributed by atoms with Crippen LogP contribution in [0.1, 0.15) is 0 Å². The summed E-state index contributed by atoms with van der Waals surface area (Å²) in [6, 6.07) is 0. The first-order valence-electron chi connectivity index (χ1n) is 3.15. The average molecular weight is 184 g/mol. The van der Waals surface area contributed by atoms with Crippen molar-refractivity contribution in [3.8, 4) is 0 Å². The van der Waals surface area contributed by atoms with E-state index in [0.717, 1.165) is 6.21 Å². The normalized spacial score (nSPS) is 21.1. The molecule has 7 nitrogen and oxygen atoms in total. The van der Waals surface area contributed by atoms with Crippen LogP contribution in [0.3, 0.4) is 0 Å². The zero-order chi connectivity index (χ0) is 10.0. The van der Waals surface area contributed by atoms with Crippen LogP contribution in [-0.2, 0) is 14.4 Å². The first kappa shape index (κ1) is 9.04. The van der Waals surface area contributed by atoms with Crippen LogP contribution in [0.5, 0.6) is 0 Å². The summed E-state index contributed by atoms with van der Waals surface area (Å²) in [7, 11) is 0. The summed E-state index contributed by atoms with van der Waals surface area (Å²) in [6.07, 6.45) is 0.789. The van der Waals surface area contributed by atoms with E-state index in [0.29, 0.717) is 0 Å². The van der Waals surface area contributed by atoms with E-state index in [9.17, 15) is 14.4 Å². The van der Waals surface area contributed by atoms with Crippen LogP contribution in [0.2, 0.25) is 0 Å². The van der Waals surface area contributed by atoms with Gasteiger partial charge in [0, 0.05) is 6.21 Å². The Bertz CT molecular complexity index is 343. The molecule has 0 aromatic carbocycles. The maximum atomic E-state index is 11.0. The fraction of sp³-hybridized carbons (Fsp3) is 0.167. The van der Waals surface area contributed by atoms with E-state index in [1.807, 2.05) is 0 Å². The molecule has 0 aromatic rings. The number of nitrogens with zero attached hydrogens (tertiary/aromatic N) is 2. The third-order valence-electron chi connectivity index (χ3n) is 1.36. The van der Waals surface area contributed by atoms with Gasteiger partial charge < -0.3 is 10.2 Å². The number of carbonyl (C=O) groups excluding carboxylic acids is 1. The van der Waals surface area contributed by atoms with Crippen LogP contribution in [0.25, 0.3) is 0 Å². The number of ketones is 1. The van der Waals surface area contributed by atoms with Gasteiger partial charge in [0.2, 0.25) is 11.5 Å². The molecule has 7 heteroatoms. The Balaban J connectivity index is 3.00. The SMILES string of the molecule is O=C(O)C1=NN=CC(C(=O)O)C1=O. The van der Waals surface area contributed by atoms with E-state index in [2.05, 4.69) is 10.2 Å². The lowest BCUT2D eigenvalue weighted by Gasteiger charge is -2.07. The predicted octanol–water partition coefficient (Wildman–Crippen LogP) is -1.22. The van der Waals surface area contributed by atoms with Crippen LogP contribution in [0.15, 0.2) is 10.2 Å². The van der Waals surface area contributed by atoms with Gasteiger partial charge in [-0.2, -0.15) is 5.10 Å². The number of carboxylic acids is 2. The van der Waals surface area contributed by atoms with Crippen molar-refractivity contribution in [3.63, 3.8) is 0 Å². The smallest absolute Gasteiger partial charge is 0.360 e. The summed E-state index contributed by atoms with van der Waals surface area (Å²) in [6.45, 7) is 0. The predicted molar refractivity (Wildman–Crippen MR) is 39.7 cm³/mol. The molecule has 1 unspecified atom stereocenters. The highest BCUT2D eigenvalue weighted by Crippen LogP contribution is 2.04. The van der Waals surface area contributed by atoms with Crippen molar-refractivity contribution in [1.82, 2.24) is 0 Å². The van der Waals surface area contributed by atoms with Gasteiger partial charge in [-0.15, -0.1) is 5.10 Å². The molecule has 0 saturated carbocycles. The Morgan fingerprint density at radius 1 is 1.38 bits per heavy atom. The molecule has 1 atom stereocenters. The molecule has 1 rings (SSSR count). The average Bonchev–Trinajstić information content (AvgIpc) is 2.03. The van der Waals surface area contributed by atoms with Crippen molar-refractivity contribution in [2.24, 2.45) is 16.1 Å². The van der Waals surface area contributed by atoms with Crippen LogP contribution in [0, 0.1) is 5.92 Å². The largest absolute Gasteiger partial charge is 0.480 e. The van der Waals surface area contributed by atoms with E-state index in [4.69, 9.17) is 10.2 Å². The summed E-state index contributed by atoms with van der Waals surface area (Å²) in [5.41, 5.74) is -0.852. The third-order valence-corrected chi connectivity index (χ3v) is 1.36. The Labute approximate surface area is 71.4 Å². The molecule has 0 saturated heterocycles. The molecule has 0 radical (unpaired) electrons. The fourth-order valence-electron chi connectivity index (χ4n) is 0.746. The van der Waals surface area contributed by atoms with E-state index >= 15 is 0 Å². The highest BCUT2D eigenvalue weighted by atomic mass is 16.4. The molecule has 0 aromatic heterocycles. The lowest BCUT2D eigenvalue weighted by Crippen LogP contribution is -2.37. The van der Waals surface area contributed by atoms with Crippen LogP contribution >= 0.6 is 0 Å². The number of hydrogen-bond acceptors (Lipinski definition) is 5. The molecule has 0 fully saturated rings. The minimum Gasteiger partial charge on any atom is -0.480 e. The van der Waals surface area contributed by atoms with Gasteiger partial charge in [0.25, 0.3) is 0 Å². The monoisotopic (exact) mass is 184 g/mol. The van der Waals surface area contributed by atoms with Crippen molar-refractivity contribution in [3.05, 3.63) is 0 Å². The molecule has 0 aliphatic carbocycles. The van der Waals surface area contributed by atoms with E-state index in [-0.39, 0.29) is 0 Å². The van der Waals surface area contributed by atoms with Crippen molar-refractivity contribution >= 4 is 29.6 Å². The topological polar surface area (TPSA) is 116 Å². The fourth-order valence-corrected chi connectivity index (χ4v) is 0.746. The second kappa shape index (κ2) is 3.13. The van der Waals surface area contributed by atoms with E-state index in [1.54, 1.807) is 0 Å². The van der Waals surface area contributed by atoms with Gasteiger partial charge in [0.1, 0.15) is 0 Å². The summed E-state index contributed by atoms with van der Waals surface area (Å²) in [5, 5.41) is 23.0. The third kappa shape index (κ3) is 1.58. The number of hydrogen-bond donors (Lipinski definition) is 2. The second-order valence-electron chi connectivity index (χ2n) is 2.20. The number of aliphatic carboxylic acids is 2. The Morgan fingerprint density at radius 3 is 2.46 bits per heavy atom. The Kier molecular flexibility index (Phi) is 2.18. The zero-order valence-corrected chi connectivity index (χ0v) is 6.17. The first-order valence-corrected chi connectivity index (χ1v) is 3.15. The Morgan fingerprint density at radius 2 is 2.00 bits per heavy atom. The number of carboxylic acid groups (broad SMARTS) is 2. The van der Waals surface area contributed by atoms with Crippen LogP contribution < -0.4 is 0 Å². The van der Waals surface area contributed by atoms with Crippen molar-refractivity contribution < 1.29 is 24.6 Å². The van der Waals surface area contributed by atoms with Gasteiger partial charge in [0.05, 0.1) is 0 Å². The lowest BCUT2D eigenvalue weighted by molar-refractivity contribution is -0.141. The van der Waals surface area contributed by atoms with Gasteiger partial charge in [-0.1, -0.05) is 0 Å². The molecular weight excluding hydrogens is 180 g/mol.